The summed E-state index contributed by atoms with van der Waals surface area (Å²) in [4.78, 5) is 8.57. The summed E-state index contributed by atoms with van der Waals surface area (Å²) in [6, 6.07) is 11.5. The van der Waals surface area contributed by atoms with Gasteiger partial charge in [-0.2, -0.15) is 0 Å². The molecule has 0 spiro atoms. The Balaban J connectivity index is 2.25. The van der Waals surface area contributed by atoms with Gasteiger partial charge in [0.15, 0.2) is 0 Å². The van der Waals surface area contributed by atoms with Crippen molar-refractivity contribution in [3.63, 3.8) is 0 Å². The number of hydrogen-bond acceptors (Lipinski definition) is 4. The van der Waals surface area contributed by atoms with E-state index in [1.54, 1.807) is 12.4 Å². The molecule has 2 aromatic rings. The van der Waals surface area contributed by atoms with Crippen LogP contribution in [0.3, 0.4) is 0 Å². The highest BCUT2D eigenvalue weighted by Gasteiger charge is 2.05. The van der Waals surface area contributed by atoms with Gasteiger partial charge in [0, 0.05) is 30.1 Å². The summed E-state index contributed by atoms with van der Waals surface area (Å²) in [5.41, 5.74) is 9.24. The van der Waals surface area contributed by atoms with E-state index in [4.69, 9.17) is 10.5 Å². The normalized spacial score (nSPS) is 12.0. The number of ether oxygens (including phenoxy) is 1. The summed E-state index contributed by atoms with van der Waals surface area (Å²) in [7, 11) is 0. The Kier molecular flexibility index (Phi) is 6.12. The van der Waals surface area contributed by atoms with Crippen molar-refractivity contribution in [2.75, 3.05) is 6.61 Å². The number of aromatic nitrogens is 2. The third kappa shape index (κ3) is 5.11. The molecule has 0 amide bonds. The monoisotopic (exact) mass is 307 g/mol. The van der Waals surface area contributed by atoms with Gasteiger partial charge in [0.2, 0.25) is 0 Å². The van der Waals surface area contributed by atoms with Crippen molar-refractivity contribution >= 4 is 5.70 Å². The molecule has 4 nitrogen and oxygen atoms in total. The molecule has 4 heteroatoms. The van der Waals surface area contributed by atoms with E-state index in [9.17, 15) is 0 Å². The largest absolute Gasteiger partial charge is 0.494 e. The second-order valence-electron chi connectivity index (χ2n) is 4.86. The van der Waals surface area contributed by atoms with Crippen LogP contribution >= 0.6 is 0 Å². The molecule has 0 aliphatic rings. The van der Waals surface area contributed by atoms with E-state index in [0.717, 1.165) is 17.0 Å². The lowest BCUT2D eigenvalue weighted by atomic mass is 10.1. The van der Waals surface area contributed by atoms with Crippen molar-refractivity contribution in [1.82, 2.24) is 9.97 Å². The third-order valence-corrected chi connectivity index (χ3v) is 3.17. The fourth-order valence-corrected chi connectivity index (χ4v) is 2.02. The van der Waals surface area contributed by atoms with Gasteiger partial charge in [-0.25, -0.2) is 0 Å². The number of hydrogen-bond donors (Lipinski definition) is 1. The second-order valence-corrected chi connectivity index (χ2v) is 4.86. The highest BCUT2D eigenvalue weighted by molar-refractivity contribution is 5.64. The van der Waals surface area contributed by atoms with Crippen molar-refractivity contribution in [2.45, 2.75) is 13.3 Å². The maximum atomic E-state index is 6.14. The molecular weight excluding hydrogens is 286 g/mol. The molecule has 2 aromatic heterocycles. The van der Waals surface area contributed by atoms with E-state index in [1.807, 2.05) is 55.5 Å². The topological polar surface area (TPSA) is 61.0 Å². The number of rotatable bonds is 7. The van der Waals surface area contributed by atoms with Gasteiger partial charge in [-0.05, 0) is 37.3 Å². The zero-order chi connectivity index (χ0) is 16.5. The first-order valence-electron chi connectivity index (χ1n) is 7.51. The van der Waals surface area contributed by atoms with Gasteiger partial charge in [-0.3, -0.25) is 9.97 Å². The van der Waals surface area contributed by atoms with Crippen molar-refractivity contribution in [2.24, 2.45) is 5.73 Å². The first-order valence-corrected chi connectivity index (χ1v) is 7.51. The molecule has 2 heterocycles. The van der Waals surface area contributed by atoms with E-state index in [-0.39, 0.29) is 0 Å². The van der Waals surface area contributed by atoms with Crippen LogP contribution in [0.5, 0.6) is 0 Å². The van der Waals surface area contributed by atoms with Crippen molar-refractivity contribution in [3.8, 4) is 0 Å². The summed E-state index contributed by atoms with van der Waals surface area (Å²) in [5.74, 6) is 0.585. The maximum absolute atomic E-state index is 6.14. The second kappa shape index (κ2) is 8.54. The first-order chi connectivity index (χ1) is 11.2. The minimum absolute atomic E-state index is 0.553. The summed E-state index contributed by atoms with van der Waals surface area (Å²) in [6.07, 6.45) is 8.01. The predicted molar refractivity (Wildman–Crippen MR) is 93.2 cm³/mol. The van der Waals surface area contributed by atoms with Crippen LogP contribution in [0.25, 0.3) is 5.70 Å². The third-order valence-electron chi connectivity index (χ3n) is 3.17. The molecule has 0 atom stereocenters. The number of nitrogens with zero attached hydrogens (tertiary/aromatic N) is 2. The molecule has 0 aliphatic heterocycles. The highest BCUT2D eigenvalue weighted by atomic mass is 16.5. The van der Waals surface area contributed by atoms with E-state index in [0.29, 0.717) is 24.5 Å². The molecule has 23 heavy (non-hydrogen) atoms. The number of pyridine rings is 2. The molecule has 0 radical (unpaired) electrons. The Hall–Kier alpha value is -2.88. The fraction of sp³-hybridized carbons (Fsp3) is 0.158. The lowest BCUT2D eigenvalue weighted by molar-refractivity contribution is 0.240. The van der Waals surface area contributed by atoms with Gasteiger partial charge in [-0.15, -0.1) is 0 Å². The lowest BCUT2D eigenvalue weighted by Crippen LogP contribution is -2.02. The standard InChI is InChI=1S/C19H21N3O/c1-3-23-15(2)16(10-11-17-8-4-6-12-21-17)14-18(20)19-9-5-7-13-22-19/h4-10,12-14H,2-3,11,20H2,1H3/b16-10+,18-14-. The van der Waals surface area contributed by atoms with Gasteiger partial charge in [-0.1, -0.05) is 24.8 Å². The van der Waals surface area contributed by atoms with Crippen LogP contribution < -0.4 is 5.73 Å². The van der Waals surface area contributed by atoms with Crippen LogP contribution in [0, 0.1) is 0 Å². The van der Waals surface area contributed by atoms with Gasteiger partial charge in [0.1, 0.15) is 5.76 Å². The average molecular weight is 307 g/mol. The Labute approximate surface area is 137 Å². The molecule has 2 rings (SSSR count). The van der Waals surface area contributed by atoms with Crippen LogP contribution in [0.15, 0.2) is 78.9 Å². The van der Waals surface area contributed by atoms with E-state index >= 15 is 0 Å². The summed E-state index contributed by atoms with van der Waals surface area (Å²) in [6.45, 7) is 6.45. The summed E-state index contributed by atoms with van der Waals surface area (Å²) >= 11 is 0. The molecule has 118 valence electrons. The average Bonchev–Trinajstić information content (AvgIpc) is 2.60. The zero-order valence-electron chi connectivity index (χ0n) is 13.3. The van der Waals surface area contributed by atoms with Gasteiger partial charge in [0.05, 0.1) is 18.0 Å². The van der Waals surface area contributed by atoms with Crippen molar-refractivity contribution in [3.05, 3.63) is 90.2 Å². The smallest absolute Gasteiger partial charge is 0.119 e. The molecule has 0 saturated carbocycles. The minimum atomic E-state index is 0.553. The number of nitrogens with two attached hydrogens (primary N) is 1. The quantitative estimate of drug-likeness (QED) is 0.628. The molecule has 2 N–H and O–H groups in total. The van der Waals surface area contributed by atoms with Gasteiger partial charge >= 0.3 is 0 Å². The lowest BCUT2D eigenvalue weighted by Gasteiger charge is -2.10. The highest BCUT2D eigenvalue weighted by Crippen LogP contribution is 2.17. The Morgan fingerprint density at radius 3 is 2.52 bits per heavy atom. The molecule has 0 unspecified atom stereocenters. The summed E-state index contributed by atoms with van der Waals surface area (Å²) < 4.78 is 5.53. The van der Waals surface area contributed by atoms with Gasteiger partial charge in [0.25, 0.3) is 0 Å². The molecule has 0 saturated heterocycles. The van der Waals surface area contributed by atoms with Gasteiger partial charge < -0.3 is 10.5 Å². The Morgan fingerprint density at radius 2 is 1.91 bits per heavy atom. The molecular formula is C19H21N3O. The van der Waals surface area contributed by atoms with Crippen LogP contribution in [-0.2, 0) is 11.2 Å². The summed E-state index contributed by atoms with van der Waals surface area (Å²) in [5, 5.41) is 0. The van der Waals surface area contributed by atoms with Crippen LogP contribution in [-0.4, -0.2) is 16.6 Å². The minimum Gasteiger partial charge on any atom is -0.494 e. The maximum Gasteiger partial charge on any atom is 0.119 e. The van der Waals surface area contributed by atoms with E-state index in [2.05, 4.69) is 16.5 Å². The first kappa shape index (κ1) is 16.5. The predicted octanol–water partition coefficient (Wildman–Crippen LogP) is 3.50. The fourth-order valence-electron chi connectivity index (χ4n) is 2.02. The molecule has 0 aliphatic carbocycles. The number of allylic oxidation sites excluding steroid dienone is 2. The van der Waals surface area contributed by atoms with E-state index < -0.39 is 0 Å². The van der Waals surface area contributed by atoms with Crippen molar-refractivity contribution < 1.29 is 4.74 Å². The van der Waals surface area contributed by atoms with Crippen LogP contribution in [0.1, 0.15) is 18.3 Å². The van der Waals surface area contributed by atoms with Crippen LogP contribution in [0.2, 0.25) is 0 Å². The molecule has 0 fully saturated rings. The zero-order valence-corrected chi connectivity index (χ0v) is 13.3. The van der Waals surface area contributed by atoms with Crippen molar-refractivity contribution in [1.29, 1.82) is 0 Å². The Bertz CT molecular complexity index is 691. The van der Waals surface area contributed by atoms with Crippen LogP contribution in [0.4, 0.5) is 0 Å². The van der Waals surface area contributed by atoms with E-state index in [1.165, 1.54) is 0 Å². The molecule has 0 aromatic carbocycles. The molecule has 0 bridgehead atoms. The Morgan fingerprint density at radius 1 is 1.17 bits per heavy atom. The SMILES string of the molecule is C=C(OCC)C(/C=C(\N)c1ccccn1)=C/Cc1ccccn1.